The van der Waals surface area contributed by atoms with E-state index in [1.807, 2.05) is 6.07 Å². The molecule has 0 aliphatic rings. The molecule has 92 valence electrons. The Bertz CT molecular complexity index is 416. The molecule has 1 atom stereocenters. The van der Waals surface area contributed by atoms with Crippen molar-refractivity contribution in [1.82, 2.24) is 5.32 Å². The van der Waals surface area contributed by atoms with E-state index < -0.39 is 12.0 Å². The summed E-state index contributed by atoms with van der Waals surface area (Å²) in [5.41, 5.74) is 6.51. The van der Waals surface area contributed by atoms with Gasteiger partial charge in [0.25, 0.3) is 0 Å². The fraction of sp³-hybridized carbons (Fsp3) is 0.333. The lowest BCUT2D eigenvalue weighted by atomic mass is 10.1. The molecule has 0 saturated carbocycles. The van der Waals surface area contributed by atoms with Gasteiger partial charge < -0.3 is 16.2 Å². The Kier molecular flexibility index (Phi) is 4.66. The smallest absolute Gasteiger partial charge is 0.335 e. The molecule has 0 radical (unpaired) electrons. The number of aromatic carboxylic acids is 1. The topological polar surface area (TPSA) is 92.4 Å². The Balaban J connectivity index is 2.50. The molecule has 0 bridgehead atoms. The molecule has 17 heavy (non-hydrogen) atoms. The van der Waals surface area contributed by atoms with Crippen LogP contribution in [0.25, 0.3) is 0 Å². The lowest BCUT2D eigenvalue weighted by molar-refractivity contribution is -0.121. The van der Waals surface area contributed by atoms with Crippen LogP contribution in [0.3, 0.4) is 0 Å². The number of hydrogen-bond donors (Lipinski definition) is 3. The summed E-state index contributed by atoms with van der Waals surface area (Å²) in [6, 6.07) is 6.11. The minimum Gasteiger partial charge on any atom is -0.478 e. The van der Waals surface area contributed by atoms with Crippen LogP contribution in [0.5, 0.6) is 0 Å². The number of carbonyl (C=O) groups is 2. The lowest BCUT2D eigenvalue weighted by Gasteiger charge is -2.07. The lowest BCUT2D eigenvalue weighted by Crippen LogP contribution is -2.39. The van der Waals surface area contributed by atoms with Gasteiger partial charge in [0.15, 0.2) is 0 Å². The zero-order chi connectivity index (χ0) is 12.8. The molecular formula is C12H16N2O3. The van der Waals surface area contributed by atoms with Crippen molar-refractivity contribution < 1.29 is 14.7 Å². The maximum Gasteiger partial charge on any atom is 0.335 e. The Morgan fingerprint density at radius 1 is 1.47 bits per heavy atom. The number of nitrogens with one attached hydrogen (secondary N) is 1. The molecule has 0 aliphatic heterocycles. The Hall–Kier alpha value is -1.88. The Labute approximate surface area is 99.6 Å². The SMILES string of the molecule is C[C@@H](N)C(=O)NCCc1cccc(C(=O)O)c1. The van der Waals surface area contributed by atoms with Gasteiger partial charge in [-0.2, -0.15) is 0 Å². The number of benzene rings is 1. The number of carboxylic acid groups (broad SMARTS) is 1. The summed E-state index contributed by atoms with van der Waals surface area (Å²) in [6.45, 7) is 2.06. The van der Waals surface area contributed by atoms with Crippen molar-refractivity contribution in [1.29, 1.82) is 0 Å². The summed E-state index contributed by atoms with van der Waals surface area (Å²) < 4.78 is 0. The van der Waals surface area contributed by atoms with Crippen molar-refractivity contribution in [2.24, 2.45) is 5.73 Å². The predicted octanol–water partition coefficient (Wildman–Crippen LogP) is 0.391. The van der Waals surface area contributed by atoms with Crippen molar-refractivity contribution in [2.45, 2.75) is 19.4 Å². The van der Waals surface area contributed by atoms with Crippen molar-refractivity contribution in [2.75, 3.05) is 6.54 Å². The van der Waals surface area contributed by atoms with E-state index in [0.29, 0.717) is 13.0 Å². The summed E-state index contributed by atoms with van der Waals surface area (Å²) in [4.78, 5) is 21.9. The van der Waals surface area contributed by atoms with Crippen LogP contribution in [0.4, 0.5) is 0 Å². The van der Waals surface area contributed by atoms with E-state index >= 15 is 0 Å². The molecule has 5 heteroatoms. The molecule has 0 saturated heterocycles. The van der Waals surface area contributed by atoms with E-state index in [-0.39, 0.29) is 11.5 Å². The maximum atomic E-state index is 11.2. The van der Waals surface area contributed by atoms with Crippen LogP contribution in [0, 0.1) is 0 Å². The molecule has 0 aliphatic carbocycles. The number of carboxylic acids is 1. The largest absolute Gasteiger partial charge is 0.478 e. The Morgan fingerprint density at radius 2 is 2.18 bits per heavy atom. The number of amides is 1. The fourth-order valence-corrected chi connectivity index (χ4v) is 1.35. The molecule has 1 rings (SSSR count). The second-order valence-electron chi connectivity index (χ2n) is 3.84. The number of carbonyl (C=O) groups excluding carboxylic acids is 1. The van der Waals surface area contributed by atoms with Crippen LogP contribution in [-0.2, 0) is 11.2 Å². The zero-order valence-corrected chi connectivity index (χ0v) is 9.64. The van der Waals surface area contributed by atoms with E-state index in [0.717, 1.165) is 5.56 Å². The third-order valence-electron chi connectivity index (χ3n) is 2.30. The standard InChI is InChI=1S/C12H16N2O3/c1-8(13)11(15)14-6-5-9-3-2-4-10(7-9)12(16)17/h2-4,7-8H,5-6,13H2,1H3,(H,14,15)(H,16,17)/t8-/m1/s1. The molecule has 0 unspecified atom stereocenters. The quantitative estimate of drug-likeness (QED) is 0.689. The Morgan fingerprint density at radius 3 is 2.76 bits per heavy atom. The van der Waals surface area contributed by atoms with Gasteiger partial charge in [0.1, 0.15) is 0 Å². The van der Waals surface area contributed by atoms with Gasteiger partial charge in [-0.15, -0.1) is 0 Å². The van der Waals surface area contributed by atoms with Gasteiger partial charge >= 0.3 is 5.97 Å². The molecule has 0 spiro atoms. The monoisotopic (exact) mass is 236 g/mol. The second-order valence-corrected chi connectivity index (χ2v) is 3.84. The van der Waals surface area contributed by atoms with Gasteiger partial charge in [-0.3, -0.25) is 4.79 Å². The van der Waals surface area contributed by atoms with E-state index in [1.54, 1.807) is 19.1 Å². The average molecular weight is 236 g/mol. The van der Waals surface area contributed by atoms with E-state index in [1.165, 1.54) is 6.07 Å². The van der Waals surface area contributed by atoms with Crippen molar-refractivity contribution in [3.8, 4) is 0 Å². The summed E-state index contributed by atoms with van der Waals surface area (Å²) in [6.07, 6.45) is 0.583. The maximum absolute atomic E-state index is 11.2. The van der Waals surface area contributed by atoms with Crippen molar-refractivity contribution in [3.63, 3.8) is 0 Å². The van der Waals surface area contributed by atoms with Gasteiger partial charge in [-0.05, 0) is 31.0 Å². The van der Waals surface area contributed by atoms with E-state index in [2.05, 4.69) is 5.32 Å². The molecule has 0 aromatic heterocycles. The van der Waals surface area contributed by atoms with E-state index in [4.69, 9.17) is 10.8 Å². The van der Waals surface area contributed by atoms with Gasteiger partial charge in [0, 0.05) is 6.54 Å². The molecule has 1 amide bonds. The first-order chi connectivity index (χ1) is 8.00. The molecule has 4 N–H and O–H groups in total. The highest BCUT2D eigenvalue weighted by atomic mass is 16.4. The summed E-state index contributed by atoms with van der Waals surface area (Å²) >= 11 is 0. The minimum absolute atomic E-state index is 0.209. The van der Waals surface area contributed by atoms with Crippen LogP contribution in [0.2, 0.25) is 0 Å². The van der Waals surface area contributed by atoms with Gasteiger partial charge in [0.2, 0.25) is 5.91 Å². The van der Waals surface area contributed by atoms with Crippen molar-refractivity contribution >= 4 is 11.9 Å². The van der Waals surface area contributed by atoms with Crippen LogP contribution in [0.15, 0.2) is 24.3 Å². The third kappa shape index (κ3) is 4.24. The first kappa shape index (κ1) is 13.2. The fourth-order valence-electron chi connectivity index (χ4n) is 1.35. The number of rotatable bonds is 5. The highest BCUT2D eigenvalue weighted by molar-refractivity contribution is 5.87. The summed E-state index contributed by atoms with van der Waals surface area (Å²) in [7, 11) is 0. The highest BCUT2D eigenvalue weighted by Crippen LogP contribution is 2.05. The zero-order valence-electron chi connectivity index (χ0n) is 9.64. The molecule has 0 heterocycles. The number of nitrogens with two attached hydrogens (primary N) is 1. The van der Waals surface area contributed by atoms with Crippen LogP contribution < -0.4 is 11.1 Å². The summed E-state index contributed by atoms with van der Waals surface area (Å²) in [5, 5.41) is 11.5. The third-order valence-corrected chi connectivity index (χ3v) is 2.30. The van der Waals surface area contributed by atoms with Gasteiger partial charge in [-0.1, -0.05) is 12.1 Å². The highest BCUT2D eigenvalue weighted by Gasteiger charge is 2.06. The van der Waals surface area contributed by atoms with Crippen LogP contribution >= 0.6 is 0 Å². The molecular weight excluding hydrogens is 220 g/mol. The van der Waals surface area contributed by atoms with Crippen LogP contribution in [0.1, 0.15) is 22.8 Å². The molecule has 1 aromatic carbocycles. The molecule has 0 fully saturated rings. The van der Waals surface area contributed by atoms with Gasteiger partial charge in [-0.25, -0.2) is 4.79 Å². The van der Waals surface area contributed by atoms with Crippen LogP contribution in [-0.4, -0.2) is 29.6 Å². The van der Waals surface area contributed by atoms with Gasteiger partial charge in [0.05, 0.1) is 11.6 Å². The molecule has 1 aromatic rings. The number of hydrogen-bond acceptors (Lipinski definition) is 3. The minimum atomic E-state index is -0.952. The average Bonchev–Trinajstić information content (AvgIpc) is 2.29. The van der Waals surface area contributed by atoms with Crippen molar-refractivity contribution in [3.05, 3.63) is 35.4 Å². The first-order valence-corrected chi connectivity index (χ1v) is 5.36. The normalized spacial score (nSPS) is 11.9. The summed E-state index contributed by atoms with van der Waals surface area (Å²) in [5.74, 6) is -1.16. The van der Waals surface area contributed by atoms with E-state index in [9.17, 15) is 9.59 Å². The molecule has 5 nitrogen and oxygen atoms in total. The predicted molar refractivity (Wildman–Crippen MR) is 63.8 cm³/mol. The second kappa shape index (κ2) is 6.00. The first-order valence-electron chi connectivity index (χ1n) is 5.36.